The number of anilines is 1. The minimum absolute atomic E-state index is 0.0525. The summed E-state index contributed by atoms with van der Waals surface area (Å²) in [4.78, 5) is 17.4. The third-order valence-electron chi connectivity index (χ3n) is 4.91. The Labute approximate surface area is 192 Å². The first-order chi connectivity index (χ1) is 15.2. The van der Waals surface area contributed by atoms with Crippen molar-refractivity contribution in [3.8, 4) is 11.1 Å². The second-order valence-corrected chi connectivity index (χ2v) is 9.77. The average Bonchev–Trinajstić information content (AvgIpc) is 2.72. The van der Waals surface area contributed by atoms with E-state index in [0.29, 0.717) is 28.8 Å². The van der Waals surface area contributed by atoms with Gasteiger partial charge in [0.15, 0.2) is 9.84 Å². The van der Waals surface area contributed by atoms with Crippen molar-refractivity contribution < 1.29 is 30.8 Å². The van der Waals surface area contributed by atoms with Crippen molar-refractivity contribution in [1.29, 1.82) is 0 Å². The maximum absolute atomic E-state index is 13.9. The van der Waals surface area contributed by atoms with E-state index >= 15 is 0 Å². The van der Waals surface area contributed by atoms with Crippen LogP contribution in [-0.2, 0) is 16.0 Å². The molecule has 1 amide bonds. The number of carbonyl (C=O) groups is 1. The molecule has 0 aliphatic rings. The summed E-state index contributed by atoms with van der Waals surface area (Å²) in [6.07, 6.45) is -2.90. The normalized spacial score (nSPS) is 12.0. The van der Waals surface area contributed by atoms with Gasteiger partial charge in [-0.3, -0.25) is 4.79 Å². The highest BCUT2D eigenvalue weighted by atomic mass is 35.5. The zero-order valence-corrected chi connectivity index (χ0v) is 19.1. The summed E-state index contributed by atoms with van der Waals surface area (Å²) in [5, 5.41) is 0.0525. The molecule has 0 aliphatic heterocycles. The van der Waals surface area contributed by atoms with E-state index in [0.717, 1.165) is 17.2 Å². The first-order valence-electron chi connectivity index (χ1n) is 9.31. The average molecular weight is 501 g/mol. The lowest BCUT2D eigenvalue weighted by Gasteiger charge is -2.22. The Hall–Kier alpha value is -2.98. The molecule has 0 aliphatic carbocycles. The summed E-state index contributed by atoms with van der Waals surface area (Å²) in [5.41, 5.74) is -0.272. The number of aryl methyl sites for hydroxylation is 1. The number of sulfone groups is 1. The fraction of sp³-hybridized carbons (Fsp3) is 0.182. The van der Waals surface area contributed by atoms with E-state index in [2.05, 4.69) is 4.98 Å². The smallest absolute Gasteiger partial charge is 0.309 e. The van der Waals surface area contributed by atoms with E-state index in [4.69, 9.17) is 11.6 Å². The number of alkyl halides is 3. The SMILES string of the molecule is Cc1ccc(F)cc1-c1cc(Cl)ncc1N(C)C(=O)c1cc(C(F)(F)F)cc(S(C)(=O)=O)c1. The third-order valence-corrected chi connectivity index (χ3v) is 6.21. The van der Waals surface area contributed by atoms with Gasteiger partial charge in [0.1, 0.15) is 11.0 Å². The molecule has 1 aromatic heterocycles. The summed E-state index contributed by atoms with van der Waals surface area (Å²) in [6, 6.07) is 7.33. The van der Waals surface area contributed by atoms with Crippen molar-refractivity contribution in [2.24, 2.45) is 0 Å². The lowest BCUT2D eigenvalue weighted by atomic mass is 9.99. The van der Waals surface area contributed by atoms with E-state index in [-0.39, 0.29) is 10.8 Å². The zero-order chi connectivity index (χ0) is 24.7. The zero-order valence-electron chi connectivity index (χ0n) is 17.5. The third kappa shape index (κ3) is 5.33. The van der Waals surface area contributed by atoms with Crippen molar-refractivity contribution in [2.45, 2.75) is 18.0 Å². The van der Waals surface area contributed by atoms with Crippen molar-refractivity contribution in [3.63, 3.8) is 0 Å². The molecule has 0 spiro atoms. The number of pyridine rings is 1. The Kier molecular flexibility index (Phi) is 6.54. The van der Waals surface area contributed by atoms with Crippen LogP contribution < -0.4 is 4.90 Å². The predicted molar refractivity (Wildman–Crippen MR) is 117 cm³/mol. The van der Waals surface area contributed by atoms with Crippen molar-refractivity contribution in [1.82, 2.24) is 4.98 Å². The van der Waals surface area contributed by atoms with Crippen LogP contribution in [0.2, 0.25) is 5.15 Å². The van der Waals surface area contributed by atoms with Crippen LogP contribution >= 0.6 is 11.6 Å². The molecule has 11 heteroatoms. The van der Waals surface area contributed by atoms with Gasteiger partial charge >= 0.3 is 6.18 Å². The molecule has 0 atom stereocenters. The Balaban J connectivity index is 2.17. The summed E-state index contributed by atoms with van der Waals surface area (Å²) in [5.74, 6) is -1.47. The first-order valence-corrected chi connectivity index (χ1v) is 11.6. The first kappa shape index (κ1) is 24.7. The summed E-state index contributed by atoms with van der Waals surface area (Å²) >= 11 is 6.00. The minimum Gasteiger partial charge on any atom is -0.309 e. The fourth-order valence-electron chi connectivity index (χ4n) is 3.19. The molecule has 174 valence electrons. The van der Waals surface area contributed by atoms with Crippen molar-refractivity contribution >= 4 is 33.0 Å². The highest BCUT2D eigenvalue weighted by Gasteiger charge is 2.33. The van der Waals surface area contributed by atoms with E-state index in [1.165, 1.54) is 37.5 Å². The van der Waals surface area contributed by atoms with Gasteiger partial charge in [-0.05, 0) is 54.4 Å². The molecule has 1 heterocycles. The topological polar surface area (TPSA) is 67.3 Å². The Morgan fingerprint density at radius 3 is 2.33 bits per heavy atom. The van der Waals surface area contributed by atoms with E-state index in [1.807, 2.05) is 0 Å². The van der Waals surface area contributed by atoms with Crippen LogP contribution in [0.15, 0.2) is 53.6 Å². The molecule has 0 N–H and O–H groups in total. The fourth-order valence-corrected chi connectivity index (χ4v) is 4.03. The highest BCUT2D eigenvalue weighted by Crippen LogP contribution is 2.36. The Morgan fingerprint density at radius 2 is 1.73 bits per heavy atom. The van der Waals surface area contributed by atoms with E-state index in [1.54, 1.807) is 6.92 Å². The number of halogens is 5. The van der Waals surface area contributed by atoms with Crippen molar-refractivity contribution in [2.75, 3.05) is 18.2 Å². The molecule has 3 aromatic rings. The molecule has 0 unspecified atom stereocenters. The number of rotatable bonds is 4. The number of hydrogen-bond donors (Lipinski definition) is 0. The molecule has 3 rings (SSSR count). The molecule has 0 radical (unpaired) electrons. The number of carbonyl (C=O) groups excluding carboxylic acids is 1. The lowest BCUT2D eigenvalue weighted by Crippen LogP contribution is -2.27. The summed E-state index contributed by atoms with van der Waals surface area (Å²) in [7, 11) is -2.76. The minimum atomic E-state index is -4.88. The van der Waals surface area contributed by atoms with Gasteiger partial charge in [0.05, 0.1) is 22.3 Å². The monoisotopic (exact) mass is 500 g/mol. The quantitative estimate of drug-likeness (QED) is 0.348. The molecule has 33 heavy (non-hydrogen) atoms. The molecular weight excluding hydrogens is 484 g/mol. The largest absolute Gasteiger partial charge is 0.416 e. The molecule has 0 saturated heterocycles. The number of hydrogen-bond acceptors (Lipinski definition) is 4. The van der Waals surface area contributed by atoms with Crippen LogP contribution in [0.4, 0.5) is 23.2 Å². The maximum Gasteiger partial charge on any atom is 0.416 e. The van der Waals surface area contributed by atoms with Crippen LogP contribution in [-0.4, -0.2) is 32.6 Å². The van der Waals surface area contributed by atoms with Crippen LogP contribution in [0.25, 0.3) is 11.1 Å². The molecule has 0 saturated carbocycles. The predicted octanol–water partition coefficient (Wildman–Crippen LogP) is 5.55. The molecular formula is C22H17ClF4N2O3S. The van der Waals surface area contributed by atoms with Crippen LogP contribution in [0.3, 0.4) is 0 Å². The number of benzene rings is 2. The maximum atomic E-state index is 13.9. The summed E-state index contributed by atoms with van der Waals surface area (Å²) in [6.45, 7) is 1.71. The van der Waals surface area contributed by atoms with Gasteiger partial charge in [-0.25, -0.2) is 17.8 Å². The van der Waals surface area contributed by atoms with Gasteiger partial charge in [-0.2, -0.15) is 13.2 Å². The van der Waals surface area contributed by atoms with E-state index < -0.39 is 43.8 Å². The Bertz CT molecular complexity index is 1360. The molecule has 2 aromatic carbocycles. The van der Waals surface area contributed by atoms with Gasteiger partial charge in [-0.1, -0.05) is 17.7 Å². The van der Waals surface area contributed by atoms with Crippen LogP contribution in [0.1, 0.15) is 21.5 Å². The number of amides is 1. The van der Waals surface area contributed by atoms with Gasteiger partial charge in [0.25, 0.3) is 5.91 Å². The Morgan fingerprint density at radius 1 is 1.06 bits per heavy atom. The van der Waals surface area contributed by atoms with Crippen molar-refractivity contribution in [3.05, 3.63) is 76.3 Å². The lowest BCUT2D eigenvalue weighted by molar-refractivity contribution is -0.137. The van der Waals surface area contributed by atoms with Crippen LogP contribution in [0, 0.1) is 12.7 Å². The van der Waals surface area contributed by atoms with Gasteiger partial charge in [-0.15, -0.1) is 0 Å². The van der Waals surface area contributed by atoms with Gasteiger partial charge in [0.2, 0.25) is 0 Å². The second-order valence-electron chi connectivity index (χ2n) is 7.36. The van der Waals surface area contributed by atoms with Crippen LogP contribution in [0.5, 0.6) is 0 Å². The van der Waals surface area contributed by atoms with Gasteiger partial charge in [0, 0.05) is 24.4 Å². The molecule has 0 fully saturated rings. The molecule has 0 bridgehead atoms. The number of nitrogens with zero attached hydrogens (tertiary/aromatic N) is 2. The second kappa shape index (κ2) is 8.75. The summed E-state index contributed by atoms with van der Waals surface area (Å²) < 4.78 is 77.8. The molecule has 5 nitrogen and oxygen atoms in total. The van der Waals surface area contributed by atoms with E-state index in [9.17, 15) is 30.8 Å². The standard InChI is InChI=1S/C22H17ClF4N2O3S/c1-12-4-5-15(24)9-17(12)18-10-20(23)28-11-19(18)29(2)21(30)13-6-14(22(25,26)27)8-16(7-13)33(3,31)32/h4-11H,1-3H3. The van der Waals surface area contributed by atoms with Gasteiger partial charge < -0.3 is 4.90 Å². The number of aromatic nitrogens is 1. The highest BCUT2D eigenvalue weighted by molar-refractivity contribution is 7.90.